The van der Waals surface area contributed by atoms with Crippen molar-refractivity contribution in [1.82, 2.24) is 9.88 Å². The molecule has 6 nitrogen and oxygen atoms in total. The molecule has 1 aromatic heterocycles. The van der Waals surface area contributed by atoms with Crippen LogP contribution >= 0.6 is 11.3 Å². The average Bonchev–Trinajstić information content (AvgIpc) is 2.97. The molecule has 1 fully saturated rings. The van der Waals surface area contributed by atoms with Crippen LogP contribution < -0.4 is 5.32 Å². The Morgan fingerprint density at radius 3 is 2.67 bits per heavy atom. The molecule has 0 aliphatic carbocycles. The summed E-state index contributed by atoms with van der Waals surface area (Å²) in [4.78, 5) is 31.4. The minimum atomic E-state index is -0.193. The van der Waals surface area contributed by atoms with Crippen LogP contribution in [0.1, 0.15) is 20.4 Å². The first-order valence-corrected chi connectivity index (χ1v) is 8.63. The second-order valence-electron chi connectivity index (χ2n) is 5.51. The smallest absolute Gasteiger partial charge is 0.267 e. The number of carbonyl (C=O) groups is 2. The van der Waals surface area contributed by atoms with Gasteiger partial charge in [0, 0.05) is 18.8 Å². The van der Waals surface area contributed by atoms with Crippen LogP contribution in [0.25, 0.3) is 0 Å². The molecule has 2 aromatic rings. The van der Waals surface area contributed by atoms with Crippen molar-refractivity contribution in [3.63, 3.8) is 0 Å². The molecule has 0 bridgehead atoms. The molecule has 24 heavy (non-hydrogen) atoms. The van der Waals surface area contributed by atoms with Gasteiger partial charge in [0.1, 0.15) is 9.88 Å². The maximum atomic E-state index is 12.4. The standard InChI is InChI=1S/C17H19N3O3S/c1-12-16(17(22)19-13-5-3-2-4-6-13)24-14(18-12)11-15(21)20-7-9-23-10-8-20/h2-6H,7-11H2,1H3,(H,19,22). The van der Waals surface area contributed by atoms with Crippen molar-refractivity contribution in [2.45, 2.75) is 13.3 Å². The van der Waals surface area contributed by atoms with Crippen LogP contribution in [-0.4, -0.2) is 48.0 Å². The van der Waals surface area contributed by atoms with Gasteiger partial charge in [0.05, 0.1) is 25.3 Å². The van der Waals surface area contributed by atoms with Gasteiger partial charge in [0.2, 0.25) is 5.91 Å². The van der Waals surface area contributed by atoms with E-state index in [0.717, 1.165) is 5.69 Å². The summed E-state index contributed by atoms with van der Waals surface area (Å²) in [5, 5.41) is 3.52. The van der Waals surface area contributed by atoms with Gasteiger partial charge in [0.25, 0.3) is 5.91 Å². The van der Waals surface area contributed by atoms with E-state index in [4.69, 9.17) is 4.74 Å². The Morgan fingerprint density at radius 2 is 1.96 bits per heavy atom. The maximum absolute atomic E-state index is 12.4. The number of amides is 2. The van der Waals surface area contributed by atoms with Crippen molar-refractivity contribution in [3.8, 4) is 0 Å². The Balaban J connectivity index is 1.66. The molecule has 0 spiro atoms. The molecule has 0 atom stereocenters. The van der Waals surface area contributed by atoms with Gasteiger partial charge in [0.15, 0.2) is 0 Å². The fraction of sp³-hybridized carbons (Fsp3) is 0.353. The average molecular weight is 345 g/mol. The quantitative estimate of drug-likeness (QED) is 0.921. The molecule has 0 radical (unpaired) electrons. The van der Waals surface area contributed by atoms with Gasteiger partial charge in [-0.25, -0.2) is 4.98 Å². The van der Waals surface area contributed by atoms with Crippen LogP contribution in [0.3, 0.4) is 0 Å². The van der Waals surface area contributed by atoms with Gasteiger partial charge in [-0.05, 0) is 19.1 Å². The summed E-state index contributed by atoms with van der Waals surface area (Å²) in [6.45, 7) is 4.18. The lowest BCUT2D eigenvalue weighted by Crippen LogP contribution is -2.41. The van der Waals surface area contributed by atoms with Gasteiger partial charge in [-0.1, -0.05) is 18.2 Å². The van der Waals surface area contributed by atoms with Crippen molar-refractivity contribution >= 4 is 28.8 Å². The molecule has 3 rings (SSSR count). The summed E-state index contributed by atoms with van der Waals surface area (Å²) in [7, 11) is 0. The van der Waals surface area contributed by atoms with Crippen molar-refractivity contribution in [2.24, 2.45) is 0 Å². The van der Waals surface area contributed by atoms with E-state index in [1.165, 1.54) is 11.3 Å². The Kier molecular flexibility index (Phi) is 5.22. The van der Waals surface area contributed by atoms with Crippen LogP contribution in [0.5, 0.6) is 0 Å². The number of rotatable bonds is 4. The van der Waals surface area contributed by atoms with Crippen molar-refractivity contribution in [2.75, 3.05) is 31.6 Å². The zero-order valence-corrected chi connectivity index (χ0v) is 14.3. The first-order valence-electron chi connectivity index (χ1n) is 7.81. The monoisotopic (exact) mass is 345 g/mol. The Morgan fingerprint density at radius 1 is 1.25 bits per heavy atom. The minimum absolute atomic E-state index is 0.0297. The van der Waals surface area contributed by atoms with Crippen molar-refractivity contribution in [1.29, 1.82) is 0 Å². The summed E-state index contributed by atoms with van der Waals surface area (Å²) >= 11 is 1.28. The SMILES string of the molecule is Cc1nc(CC(=O)N2CCOCC2)sc1C(=O)Nc1ccccc1. The normalized spacial score (nSPS) is 14.5. The van der Waals surface area contributed by atoms with Crippen LogP contribution in [0.4, 0.5) is 5.69 Å². The van der Waals surface area contributed by atoms with E-state index in [-0.39, 0.29) is 18.2 Å². The molecule has 1 aliphatic heterocycles. The van der Waals surface area contributed by atoms with E-state index in [1.807, 2.05) is 30.3 Å². The second kappa shape index (κ2) is 7.55. The molecule has 0 saturated carbocycles. The number of aryl methyl sites for hydroxylation is 1. The molecule has 7 heteroatoms. The molecular formula is C17H19N3O3S. The number of benzene rings is 1. The Labute approximate surface area is 144 Å². The number of carbonyl (C=O) groups excluding carboxylic acids is 2. The van der Waals surface area contributed by atoms with Crippen LogP contribution in [0.2, 0.25) is 0 Å². The van der Waals surface area contributed by atoms with Crippen molar-refractivity contribution < 1.29 is 14.3 Å². The highest BCUT2D eigenvalue weighted by molar-refractivity contribution is 7.14. The van der Waals surface area contributed by atoms with Gasteiger partial charge < -0.3 is 15.0 Å². The summed E-state index contributed by atoms with van der Waals surface area (Å²) in [5.74, 6) is -0.164. The van der Waals surface area contributed by atoms with E-state index < -0.39 is 0 Å². The Hall–Kier alpha value is -2.25. The molecule has 1 aromatic carbocycles. The topological polar surface area (TPSA) is 71.5 Å². The predicted octanol–water partition coefficient (Wildman–Crippen LogP) is 2.11. The molecule has 1 aliphatic rings. The largest absolute Gasteiger partial charge is 0.378 e. The lowest BCUT2D eigenvalue weighted by Gasteiger charge is -2.26. The molecule has 1 N–H and O–H groups in total. The van der Waals surface area contributed by atoms with E-state index in [1.54, 1.807) is 11.8 Å². The third-order valence-corrected chi connectivity index (χ3v) is 4.90. The highest BCUT2D eigenvalue weighted by Gasteiger charge is 2.21. The fourth-order valence-corrected chi connectivity index (χ4v) is 3.45. The Bertz CT molecular complexity index is 724. The number of morpholine rings is 1. The van der Waals surface area contributed by atoms with E-state index in [2.05, 4.69) is 10.3 Å². The van der Waals surface area contributed by atoms with Gasteiger partial charge in [-0.2, -0.15) is 0 Å². The zero-order valence-electron chi connectivity index (χ0n) is 13.4. The van der Waals surface area contributed by atoms with E-state index >= 15 is 0 Å². The molecule has 2 amide bonds. The van der Waals surface area contributed by atoms with Crippen molar-refractivity contribution in [3.05, 3.63) is 45.9 Å². The summed E-state index contributed by atoms with van der Waals surface area (Å²) in [6, 6.07) is 9.28. The molecule has 2 heterocycles. The zero-order chi connectivity index (χ0) is 16.9. The fourth-order valence-electron chi connectivity index (χ4n) is 2.50. The lowest BCUT2D eigenvalue weighted by atomic mass is 10.3. The molecule has 126 valence electrons. The van der Waals surface area contributed by atoms with E-state index in [0.29, 0.717) is 41.9 Å². The number of thiazole rings is 1. The number of nitrogens with one attached hydrogen (secondary N) is 1. The third-order valence-electron chi connectivity index (χ3n) is 3.75. The molecule has 0 unspecified atom stereocenters. The summed E-state index contributed by atoms with van der Waals surface area (Å²) in [6.07, 6.45) is 0.226. The number of hydrogen-bond acceptors (Lipinski definition) is 5. The third kappa shape index (κ3) is 3.98. The minimum Gasteiger partial charge on any atom is -0.378 e. The van der Waals surface area contributed by atoms with Gasteiger partial charge in [-0.3, -0.25) is 9.59 Å². The number of para-hydroxylation sites is 1. The highest BCUT2D eigenvalue weighted by atomic mass is 32.1. The number of hydrogen-bond donors (Lipinski definition) is 1. The van der Waals surface area contributed by atoms with Gasteiger partial charge in [-0.15, -0.1) is 11.3 Å². The second-order valence-corrected chi connectivity index (χ2v) is 6.60. The maximum Gasteiger partial charge on any atom is 0.267 e. The summed E-state index contributed by atoms with van der Waals surface area (Å²) in [5.41, 5.74) is 1.39. The lowest BCUT2D eigenvalue weighted by molar-refractivity contribution is -0.134. The first-order chi connectivity index (χ1) is 11.6. The number of nitrogens with zero attached hydrogens (tertiary/aromatic N) is 2. The number of anilines is 1. The van der Waals surface area contributed by atoms with Gasteiger partial charge >= 0.3 is 0 Å². The van der Waals surface area contributed by atoms with E-state index in [9.17, 15) is 9.59 Å². The van der Waals surface area contributed by atoms with Crippen LogP contribution in [0.15, 0.2) is 30.3 Å². The highest BCUT2D eigenvalue weighted by Crippen LogP contribution is 2.21. The van der Waals surface area contributed by atoms with Crippen LogP contribution in [0, 0.1) is 6.92 Å². The number of aromatic nitrogens is 1. The molecular weight excluding hydrogens is 326 g/mol. The summed E-state index contributed by atoms with van der Waals surface area (Å²) < 4.78 is 5.25. The first kappa shape index (κ1) is 16.6. The molecule has 1 saturated heterocycles. The predicted molar refractivity (Wildman–Crippen MR) is 92.3 cm³/mol. The number of ether oxygens (including phenoxy) is 1. The van der Waals surface area contributed by atoms with Crippen LogP contribution in [-0.2, 0) is 16.0 Å².